The molecule has 1 atom stereocenters. The molecule has 1 unspecified atom stereocenters. The number of amides is 2. The molecule has 2 aliphatic rings. The molecule has 2 rings (SSSR count). The van der Waals surface area contributed by atoms with E-state index in [9.17, 15) is 9.59 Å². The van der Waals surface area contributed by atoms with Gasteiger partial charge in [-0.1, -0.05) is 6.92 Å². The topological polar surface area (TPSA) is 69.6 Å². The Balaban J connectivity index is 1.99. The molecule has 0 bridgehead atoms. The highest BCUT2D eigenvalue weighted by atomic mass is 16.4. The molecule has 1 aliphatic heterocycles. The highest BCUT2D eigenvalue weighted by Crippen LogP contribution is 2.32. The molecular weight excluding hydrogens is 220 g/mol. The maximum absolute atomic E-state index is 12.1. The third-order valence-corrected chi connectivity index (χ3v) is 4.07. The summed E-state index contributed by atoms with van der Waals surface area (Å²) in [5.41, 5.74) is -0.988. The SMILES string of the molecule is CCC1CCCN1C(=O)NC1(C(=O)O)CCC1. The molecule has 0 aromatic rings. The molecule has 1 saturated carbocycles. The summed E-state index contributed by atoms with van der Waals surface area (Å²) < 4.78 is 0. The molecule has 1 saturated heterocycles. The fraction of sp³-hybridized carbons (Fsp3) is 0.833. The second kappa shape index (κ2) is 4.55. The van der Waals surface area contributed by atoms with Crippen molar-refractivity contribution in [2.24, 2.45) is 0 Å². The Hall–Kier alpha value is -1.26. The molecule has 0 aromatic heterocycles. The number of rotatable bonds is 3. The van der Waals surface area contributed by atoms with Crippen LogP contribution < -0.4 is 5.32 Å². The maximum Gasteiger partial charge on any atom is 0.329 e. The zero-order valence-electron chi connectivity index (χ0n) is 10.2. The Labute approximate surface area is 101 Å². The quantitative estimate of drug-likeness (QED) is 0.786. The number of carboxylic acid groups (broad SMARTS) is 1. The third-order valence-electron chi connectivity index (χ3n) is 4.07. The van der Waals surface area contributed by atoms with Crippen LogP contribution in [-0.2, 0) is 4.79 Å². The fourth-order valence-corrected chi connectivity index (χ4v) is 2.73. The lowest BCUT2D eigenvalue weighted by molar-refractivity contribution is -0.148. The van der Waals surface area contributed by atoms with Crippen LogP contribution in [0.3, 0.4) is 0 Å². The van der Waals surface area contributed by atoms with Gasteiger partial charge in [-0.25, -0.2) is 9.59 Å². The summed E-state index contributed by atoms with van der Waals surface area (Å²) in [5.74, 6) is -0.899. The number of nitrogens with zero attached hydrogens (tertiary/aromatic N) is 1. The van der Waals surface area contributed by atoms with E-state index < -0.39 is 11.5 Å². The second-order valence-electron chi connectivity index (χ2n) is 5.07. The highest BCUT2D eigenvalue weighted by Gasteiger charge is 2.47. The predicted octanol–water partition coefficient (Wildman–Crippen LogP) is 1.58. The minimum absolute atomic E-state index is 0.198. The van der Waals surface area contributed by atoms with Crippen LogP contribution in [0, 0.1) is 0 Å². The number of urea groups is 1. The van der Waals surface area contributed by atoms with Gasteiger partial charge in [-0.3, -0.25) is 0 Å². The van der Waals surface area contributed by atoms with Crippen LogP contribution in [0.1, 0.15) is 45.4 Å². The minimum atomic E-state index is -0.988. The first-order valence-corrected chi connectivity index (χ1v) is 6.41. The van der Waals surface area contributed by atoms with Crippen molar-refractivity contribution in [2.45, 2.75) is 57.0 Å². The molecule has 0 aromatic carbocycles. The number of carbonyl (C=O) groups is 2. The largest absolute Gasteiger partial charge is 0.480 e. The number of hydrogen-bond donors (Lipinski definition) is 2. The summed E-state index contributed by atoms with van der Waals surface area (Å²) in [6, 6.07) is 0.0809. The lowest BCUT2D eigenvalue weighted by atomic mass is 9.77. The Kier molecular flexibility index (Phi) is 3.26. The average molecular weight is 240 g/mol. The number of nitrogens with one attached hydrogen (secondary N) is 1. The van der Waals surface area contributed by atoms with Crippen LogP contribution in [0.25, 0.3) is 0 Å². The Bertz CT molecular complexity index is 326. The summed E-state index contributed by atoms with van der Waals surface area (Å²) in [6.07, 6.45) is 4.98. The van der Waals surface area contributed by atoms with Crippen LogP contribution >= 0.6 is 0 Å². The van der Waals surface area contributed by atoms with E-state index in [1.165, 1.54) is 0 Å². The average Bonchev–Trinajstić information content (AvgIpc) is 2.70. The Morgan fingerprint density at radius 2 is 2.12 bits per heavy atom. The van der Waals surface area contributed by atoms with Crippen molar-refractivity contribution in [3.8, 4) is 0 Å². The standard InChI is InChI=1S/C12H20N2O3/c1-2-9-5-3-8-14(9)11(17)13-12(10(15)16)6-4-7-12/h9H,2-8H2,1H3,(H,13,17)(H,15,16). The summed E-state index contributed by atoms with van der Waals surface area (Å²) in [6.45, 7) is 2.81. The molecule has 5 heteroatoms. The van der Waals surface area contributed by atoms with Gasteiger partial charge in [0.2, 0.25) is 0 Å². The van der Waals surface area contributed by atoms with Gasteiger partial charge < -0.3 is 15.3 Å². The molecule has 2 N–H and O–H groups in total. The molecule has 1 heterocycles. The minimum Gasteiger partial charge on any atom is -0.480 e. The number of carbonyl (C=O) groups excluding carboxylic acids is 1. The van der Waals surface area contributed by atoms with Crippen molar-refractivity contribution >= 4 is 12.0 Å². The highest BCUT2D eigenvalue weighted by molar-refractivity contribution is 5.87. The van der Waals surface area contributed by atoms with Crippen molar-refractivity contribution in [3.05, 3.63) is 0 Å². The van der Waals surface area contributed by atoms with Gasteiger partial charge in [0, 0.05) is 12.6 Å². The molecule has 2 amide bonds. The molecule has 0 spiro atoms. The zero-order chi connectivity index (χ0) is 12.5. The van der Waals surface area contributed by atoms with E-state index in [1.54, 1.807) is 4.90 Å². The smallest absolute Gasteiger partial charge is 0.329 e. The first-order valence-electron chi connectivity index (χ1n) is 6.41. The van der Waals surface area contributed by atoms with E-state index in [0.717, 1.165) is 32.2 Å². The van der Waals surface area contributed by atoms with E-state index in [2.05, 4.69) is 12.2 Å². The van der Waals surface area contributed by atoms with E-state index in [1.807, 2.05) is 0 Å². The molecular formula is C12H20N2O3. The monoisotopic (exact) mass is 240 g/mol. The van der Waals surface area contributed by atoms with Gasteiger partial charge >= 0.3 is 12.0 Å². The van der Waals surface area contributed by atoms with Gasteiger partial charge in [-0.05, 0) is 38.5 Å². The summed E-state index contributed by atoms with van der Waals surface area (Å²) in [4.78, 5) is 25.0. The fourth-order valence-electron chi connectivity index (χ4n) is 2.73. The first kappa shape index (κ1) is 12.2. The molecule has 0 radical (unpaired) electrons. The van der Waals surface area contributed by atoms with Gasteiger partial charge in [0.15, 0.2) is 0 Å². The van der Waals surface area contributed by atoms with Gasteiger partial charge in [0.05, 0.1) is 0 Å². The van der Waals surface area contributed by atoms with Crippen molar-refractivity contribution in [1.29, 1.82) is 0 Å². The third kappa shape index (κ3) is 2.10. The first-order chi connectivity index (χ1) is 8.09. The van der Waals surface area contributed by atoms with E-state index >= 15 is 0 Å². The molecule has 17 heavy (non-hydrogen) atoms. The lowest BCUT2D eigenvalue weighted by Gasteiger charge is -2.40. The number of aliphatic carboxylic acids is 1. The van der Waals surface area contributed by atoms with Crippen molar-refractivity contribution in [2.75, 3.05) is 6.54 Å². The Morgan fingerprint density at radius 3 is 2.59 bits per heavy atom. The van der Waals surface area contributed by atoms with Crippen molar-refractivity contribution in [3.63, 3.8) is 0 Å². The van der Waals surface area contributed by atoms with Gasteiger partial charge in [-0.15, -0.1) is 0 Å². The van der Waals surface area contributed by atoms with Crippen LogP contribution in [0.15, 0.2) is 0 Å². The number of hydrogen-bond acceptors (Lipinski definition) is 2. The van der Waals surface area contributed by atoms with E-state index in [-0.39, 0.29) is 12.1 Å². The van der Waals surface area contributed by atoms with Gasteiger partial charge in [-0.2, -0.15) is 0 Å². The van der Waals surface area contributed by atoms with Crippen molar-refractivity contribution in [1.82, 2.24) is 10.2 Å². The van der Waals surface area contributed by atoms with Crippen LogP contribution in [0.2, 0.25) is 0 Å². The molecule has 5 nitrogen and oxygen atoms in total. The predicted molar refractivity (Wildman–Crippen MR) is 62.8 cm³/mol. The second-order valence-corrected chi connectivity index (χ2v) is 5.07. The van der Waals surface area contributed by atoms with Crippen LogP contribution in [-0.4, -0.2) is 40.1 Å². The van der Waals surface area contributed by atoms with Gasteiger partial charge in [0.1, 0.15) is 5.54 Å². The number of carboxylic acids is 1. The number of likely N-dealkylation sites (tertiary alicyclic amines) is 1. The normalized spacial score (nSPS) is 26.4. The molecule has 96 valence electrons. The van der Waals surface area contributed by atoms with Crippen molar-refractivity contribution < 1.29 is 14.7 Å². The van der Waals surface area contributed by atoms with Gasteiger partial charge in [0.25, 0.3) is 0 Å². The van der Waals surface area contributed by atoms with E-state index in [0.29, 0.717) is 12.8 Å². The summed E-state index contributed by atoms with van der Waals surface area (Å²) >= 11 is 0. The molecule has 1 aliphatic carbocycles. The van der Waals surface area contributed by atoms with E-state index in [4.69, 9.17) is 5.11 Å². The van der Waals surface area contributed by atoms with Crippen LogP contribution in [0.5, 0.6) is 0 Å². The van der Waals surface area contributed by atoms with Crippen LogP contribution in [0.4, 0.5) is 4.79 Å². The molecule has 2 fully saturated rings. The summed E-state index contributed by atoms with van der Waals surface area (Å²) in [5, 5.41) is 11.9. The maximum atomic E-state index is 12.1. The lowest BCUT2D eigenvalue weighted by Crippen LogP contribution is -2.62. The summed E-state index contributed by atoms with van der Waals surface area (Å²) in [7, 11) is 0. The zero-order valence-corrected chi connectivity index (χ0v) is 10.2. The Morgan fingerprint density at radius 1 is 1.41 bits per heavy atom.